The van der Waals surface area contributed by atoms with Gasteiger partial charge < -0.3 is 9.80 Å². The van der Waals surface area contributed by atoms with Gasteiger partial charge in [-0.05, 0) is 37.0 Å². The third kappa shape index (κ3) is 5.04. The van der Waals surface area contributed by atoms with E-state index in [4.69, 9.17) is 0 Å². The summed E-state index contributed by atoms with van der Waals surface area (Å²) >= 11 is 1.62. The fraction of sp³-hybridized carbons (Fsp3) is 0.500. The molecule has 1 saturated heterocycles. The van der Waals surface area contributed by atoms with E-state index in [-0.39, 0.29) is 11.8 Å². The van der Waals surface area contributed by atoms with Gasteiger partial charge in [0.25, 0.3) is 0 Å². The molecule has 2 heterocycles. The minimum Gasteiger partial charge on any atom is -0.346 e. The van der Waals surface area contributed by atoms with Crippen LogP contribution in [0.5, 0.6) is 0 Å². The average Bonchev–Trinajstić information content (AvgIpc) is 2.93. The first-order valence-corrected chi connectivity index (χ1v) is 10.2. The van der Waals surface area contributed by atoms with E-state index in [1.807, 2.05) is 24.1 Å². The molecule has 152 valence electrons. The number of carbonyl (C=O) groups is 1. The molecule has 28 heavy (non-hydrogen) atoms. The second-order valence-electron chi connectivity index (χ2n) is 7.22. The Morgan fingerprint density at radius 3 is 2.50 bits per heavy atom. The van der Waals surface area contributed by atoms with Gasteiger partial charge in [0, 0.05) is 38.0 Å². The first-order chi connectivity index (χ1) is 13.2. The van der Waals surface area contributed by atoms with Crippen molar-refractivity contribution in [3.05, 3.63) is 46.5 Å². The highest BCUT2D eigenvalue weighted by atomic mass is 32.1. The van der Waals surface area contributed by atoms with Crippen molar-refractivity contribution >= 4 is 22.4 Å². The summed E-state index contributed by atoms with van der Waals surface area (Å²) in [5.74, 6) is -0.0830. The molecule has 3 rings (SSSR count). The van der Waals surface area contributed by atoms with E-state index in [2.05, 4.69) is 9.88 Å². The summed E-state index contributed by atoms with van der Waals surface area (Å²) in [6.07, 6.45) is -3.17. The van der Waals surface area contributed by atoms with Gasteiger partial charge in [-0.25, -0.2) is 4.98 Å². The molecule has 1 atom stereocenters. The average molecular weight is 411 g/mol. The van der Waals surface area contributed by atoms with Crippen LogP contribution in [0.25, 0.3) is 0 Å². The maximum atomic E-state index is 12.7. The maximum absolute atomic E-state index is 12.7. The standard InChI is InChI=1S/C20H24F3N3OS/c1-14(16-4-6-17(7-5-16)20(21,22)23)12-18(27)25-8-3-9-26(11-10-25)19-24-15(2)13-28-19/h4-7,13-14H,3,8-12H2,1-2H3. The van der Waals surface area contributed by atoms with E-state index in [0.717, 1.165) is 48.0 Å². The van der Waals surface area contributed by atoms with Crippen molar-refractivity contribution in [2.75, 3.05) is 31.1 Å². The number of amides is 1. The van der Waals surface area contributed by atoms with Crippen molar-refractivity contribution in [3.63, 3.8) is 0 Å². The summed E-state index contributed by atoms with van der Waals surface area (Å²) in [7, 11) is 0. The second kappa shape index (κ2) is 8.51. The van der Waals surface area contributed by atoms with E-state index in [1.54, 1.807) is 11.3 Å². The van der Waals surface area contributed by atoms with Gasteiger partial charge in [0.05, 0.1) is 11.3 Å². The Hall–Kier alpha value is -2.09. The highest BCUT2D eigenvalue weighted by Crippen LogP contribution is 2.31. The van der Waals surface area contributed by atoms with Gasteiger partial charge in [0.1, 0.15) is 0 Å². The van der Waals surface area contributed by atoms with E-state index in [0.29, 0.717) is 19.5 Å². The fourth-order valence-electron chi connectivity index (χ4n) is 3.35. The van der Waals surface area contributed by atoms with Crippen LogP contribution in [-0.2, 0) is 11.0 Å². The second-order valence-corrected chi connectivity index (χ2v) is 8.05. The van der Waals surface area contributed by atoms with Gasteiger partial charge in [-0.1, -0.05) is 19.1 Å². The molecular weight excluding hydrogens is 387 g/mol. The van der Waals surface area contributed by atoms with Gasteiger partial charge in [0.15, 0.2) is 5.13 Å². The van der Waals surface area contributed by atoms with Crippen molar-refractivity contribution in [2.45, 2.75) is 38.8 Å². The van der Waals surface area contributed by atoms with E-state index in [9.17, 15) is 18.0 Å². The molecule has 1 aromatic carbocycles. The molecular formula is C20H24F3N3OS. The monoisotopic (exact) mass is 411 g/mol. The molecule has 0 saturated carbocycles. The molecule has 4 nitrogen and oxygen atoms in total. The third-order valence-corrected chi connectivity index (χ3v) is 6.03. The summed E-state index contributed by atoms with van der Waals surface area (Å²) in [6, 6.07) is 5.09. The Kier molecular flexibility index (Phi) is 6.27. The molecule has 1 aliphatic heterocycles. The Bertz CT molecular complexity index is 804. The lowest BCUT2D eigenvalue weighted by Crippen LogP contribution is -2.35. The number of carbonyl (C=O) groups excluding carboxylic acids is 1. The summed E-state index contributed by atoms with van der Waals surface area (Å²) in [5, 5.41) is 3.01. The summed E-state index contributed by atoms with van der Waals surface area (Å²) in [4.78, 5) is 21.3. The van der Waals surface area contributed by atoms with Crippen molar-refractivity contribution in [3.8, 4) is 0 Å². The highest BCUT2D eigenvalue weighted by Gasteiger charge is 2.30. The van der Waals surface area contributed by atoms with Gasteiger partial charge in [-0.15, -0.1) is 11.3 Å². The van der Waals surface area contributed by atoms with Crippen LogP contribution in [0.15, 0.2) is 29.6 Å². The van der Waals surface area contributed by atoms with E-state index < -0.39 is 11.7 Å². The van der Waals surface area contributed by atoms with Crippen LogP contribution in [0.4, 0.5) is 18.3 Å². The number of aromatic nitrogens is 1. The maximum Gasteiger partial charge on any atom is 0.416 e. The molecule has 0 spiro atoms. The minimum atomic E-state index is -4.34. The number of hydrogen-bond donors (Lipinski definition) is 0. The van der Waals surface area contributed by atoms with Crippen LogP contribution in [-0.4, -0.2) is 42.0 Å². The van der Waals surface area contributed by atoms with Crippen molar-refractivity contribution in [1.29, 1.82) is 0 Å². The molecule has 1 aromatic heterocycles. The Labute approximate surface area is 167 Å². The summed E-state index contributed by atoms with van der Waals surface area (Å²) in [6.45, 7) is 6.79. The van der Waals surface area contributed by atoms with Crippen LogP contribution >= 0.6 is 11.3 Å². The zero-order valence-electron chi connectivity index (χ0n) is 16.0. The minimum absolute atomic E-state index is 0.0459. The zero-order valence-corrected chi connectivity index (χ0v) is 16.8. The number of hydrogen-bond acceptors (Lipinski definition) is 4. The third-order valence-electron chi connectivity index (χ3n) is 5.01. The molecule has 1 amide bonds. The highest BCUT2D eigenvalue weighted by molar-refractivity contribution is 7.13. The molecule has 0 aliphatic carbocycles. The molecule has 1 aliphatic rings. The lowest BCUT2D eigenvalue weighted by Gasteiger charge is -2.23. The molecule has 1 fully saturated rings. The Balaban J connectivity index is 1.56. The van der Waals surface area contributed by atoms with E-state index >= 15 is 0 Å². The van der Waals surface area contributed by atoms with Crippen molar-refractivity contribution in [1.82, 2.24) is 9.88 Å². The molecule has 0 bridgehead atoms. The molecule has 0 N–H and O–H groups in total. The quantitative estimate of drug-likeness (QED) is 0.732. The summed E-state index contributed by atoms with van der Waals surface area (Å²) in [5.41, 5.74) is 1.08. The molecule has 0 radical (unpaired) electrons. The lowest BCUT2D eigenvalue weighted by molar-refractivity contribution is -0.137. The predicted molar refractivity (Wildman–Crippen MR) is 105 cm³/mol. The normalized spacial score (nSPS) is 16.8. The Morgan fingerprint density at radius 1 is 1.18 bits per heavy atom. The molecule has 2 aromatic rings. The lowest BCUT2D eigenvalue weighted by atomic mass is 9.96. The van der Waals surface area contributed by atoms with Gasteiger partial charge in [-0.3, -0.25) is 4.79 Å². The fourth-order valence-corrected chi connectivity index (χ4v) is 4.21. The number of alkyl halides is 3. The smallest absolute Gasteiger partial charge is 0.346 e. The predicted octanol–water partition coefficient (Wildman–Crippen LogP) is 4.70. The van der Waals surface area contributed by atoms with Crippen LogP contribution in [0.2, 0.25) is 0 Å². The van der Waals surface area contributed by atoms with Gasteiger partial charge in [0.2, 0.25) is 5.91 Å². The largest absolute Gasteiger partial charge is 0.416 e. The van der Waals surface area contributed by atoms with Gasteiger partial charge in [-0.2, -0.15) is 13.2 Å². The van der Waals surface area contributed by atoms with E-state index in [1.165, 1.54) is 12.1 Å². The molecule has 8 heteroatoms. The van der Waals surface area contributed by atoms with Crippen molar-refractivity contribution in [2.24, 2.45) is 0 Å². The number of anilines is 1. The topological polar surface area (TPSA) is 36.4 Å². The summed E-state index contributed by atoms with van der Waals surface area (Å²) < 4.78 is 38.1. The zero-order chi connectivity index (χ0) is 20.3. The number of thiazole rings is 1. The first-order valence-electron chi connectivity index (χ1n) is 9.36. The number of halogens is 3. The first kappa shape index (κ1) is 20.6. The number of aryl methyl sites for hydroxylation is 1. The number of benzene rings is 1. The van der Waals surface area contributed by atoms with Gasteiger partial charge >= 0.3 is 6.18 Å². The SMILES string of the molecule is Cc1csc(N2CCCN(C(=O)CC(C)c3ccc(C(F)(F)F)cc3)CC2)n1. The number of nitrogens with zero attached hydrogens (tertiary/aromatic N) is 3. The van der Waals surface area contributed by atoms with Crippen LogP contribution in [0.3, 0.4) is 0 Å². The van der Waals surface area contributed by atoms with Crippen LogP contribution in [0, 0.1) is 6.92 Å². The molecule has 1 unspecified atom stereocenters. The number of rotatable bonds is 4. The Morgan fingerprint density at radius 2 is 1.89 bits per heavy atom. The van der Waals surface area contributed by atoms with Crippen LogP contribution < -0.4 is 4.90 Å². The van der Waals surface area contributed by atoms with Crippen molar-refractivity contribution < 1.29 is 18.0 Å². The van der Waals surface area contributed by atoms with Crippen LogP contribution in [0.1, 0.15) is 42.5 Å².